The first-order valence-electron chi connectivity index (χ1n) is 9.17. The highest BCUT2D eigenvalue weighted by Crippen LogP contribution is 2.25. The molecule has 5 heteroatoms. The fraction of sp³-hybridized carbons (Fsp3) is 0.632. The number of benzene rings is 1. The van der Waals surface area contributed by atoms with E-state index >= 15 is 0 Å². The highest BCUT2D eigenvalue weighted by atomic mass is 16.5. The number of hydrogen-bond donors (Lipinski definition) is 1. The Morgan fingerprint density at radius 3 is 2.54 bits per heavy atom. The number of rotatable bonds is 8. The molecule has 0 unspecified atom stereocenters. The number of ether oxygens (including phenoxy) is 1. The van der Waals surface area contributed by atoms with Gasteiger partial charge < -0.3 is 10.1 Å². The summed E-state index contributed by atoms with van der Waals surface area (Å²) in [5.41, 5.74) is 1.10. The van der Waals surface area contributed by atoms with Crippen LogP contribution in [0.2, 0.25) is 0 Å². The first kappa shape index (κ1) is 17.4. The number of carbonyl (C=O) groups excluding carboxylic acids is 1. The lowest BCUT2D eigenvalue weighted by atomic mass is 10.0. The summed E-state index contributed by atoms with van der Waals surface area (Å²) >= 11 is 0. The van der Waals surface area contributed by atoms with E-state index in [0.717, 1.165) is 64.3 Å². The predicted octanol–water partition coefficient (Wildman–Crippen LogP) is 1.66. The van der Waals surface area contributed by atoms with Crippen molar-refractivity contribution in [2.24, 2.45) is 0 Å². The predicted molar refractivity (Wildman–Crippen MR) is 94.9 cm³/mol. The van der Waals surface area contributed by atoms with E-state index in [1.165, 1.54) is 0 Å². The molecule has 2 fully saturated rings. The van der Waals surface area contributed by atoms with Gasteiger partial charge in [-0.15, -0.1) is 0 Å². The van der Waals surface area contributed by atoms with Crippen LogP contribution in [0, 0.1) is 0 Å². The highest BCUT2D eigenvalue weighted by molar-refractivity contribution is 5.83. The number of hydrogen-bond acceptors (Lipinski definition) is 4. The molecule has 1 aromatic rings. The molecule has 0 spiro atoms. The molecular weight excluding hydrogens is 302 g/mol. The second-order valence-corrected chi connectivity index (χ2v) is 6.67. The van der Waals surface area contributed by atoms with E-state index in [2.05, 4.69) is 27.2 Å². The molecule has 0 aromatic heterocycles. The Bertz CT molecular complexity index is 511. The molecule has 0 bridgehead atoms. The maximum Gasteiger partial charge on any atom is 0.242 e. The average Bonchev–Trinajstić information content (AvgIpc) is 3.42. The zero-order valence-electron chi connectivity index (χ0n) is 14.6. The molecule has 1 N–H and O–H groups in total. The Morgan fingerprint density at radius 1 is 1.21 bits per heavy atom. The summed E-state index contributed by atoms with van der Waals surface area (Å²) in [6.07, 6.45) is 2.25. The van der Waals surface area contributed by atoms with E-state index < -0.39 is 0 Å². The number of amides is 1. The molecule has 5 nitrogen and oxygen atoms in total. The quantitative estimate of drug-likeness (QED) is 0.736. The van der Waals surface area contributed by atoms with Crippen molar-refractivity contribution in [3.63, 3.8) is 0 Å². The van der Waals surface area contributed by atoms with E-state index in [0.29, 0.717) is 6.04 Å². The zero-order chi connectivity index (χ0) is 16.8. The summed E-state index contributed by atoms with van der Waals surface area (Å²) < 4.78 is 5.45. The molecular formula is C19H29N3O2. The second kappa shape index (κ2) is 8.60. The van der Waals surface area contributed by atoms with Gasteiger partial charge in [0.2, 0.25) is 5.91 Å². The Hall–Kier alpha value is -1.43. The standard InChI is InChI=1S/C19H29N3O2/c1-2-24-15-14-21-10-12-22(13-11-21)18(16-6-4-3-5-7-16)19(23)20-17-8-9-17/h3-7,17-18H,2,8-15H2,1H3,(H,20,23)/t18-/m0/s1. The van der Waals surface area contributed by atoms with Crippen molar-refractivity contribution in [3.05, 3.63) is 35.9 Å². The summed E-state index contributed by atoms with van der Waals surface area (Å²) in [5, 5.41) is 3.19. The van der Waals surface area contributed by atoms with Crippen LogP contribution in [0.5, 0.6) is 0 Å². The van der Waals surface area contributed by atoms with Gasteiger partial charge in [0.15, 0.2) is 0 Å². The summed E-state index contributed by atoms with van der Waals surface area (Å²) in [6, 6.07) is 10.4. The summed E-state index contributed by atoms with van der Waals surface area (Å²) in [6.45, 7) is 8.40. The topological polar surface area (TPSA) is 44.8 Å². The van der Waals surface area contributed by atoms with Crippen molar-refractivity contribution < 1.29 is 9.53 Å². The van der Waals surface area contributed by atoms with Gasteiger partial charge in [-0.25, -0.2) is 0 Å². The number of carbonyl (C=O) groups is 1. The molecule has 1 atom stereocenters. The van der Waals surface area contributed by atoms with Gasteiger partial charge in [0.1, 0.15) is 6.04 Å². The largest absolute Gasteiger partial charge is 0.380 e. The molecule has 1 heterocycles. The molecule has 1 amide bonds. The minimum absolute atomic E-state index is 0.159. The summed E-state index contributed by atoms with van der Waals surface area (Å²) in [5.74, 6) is 0.159. The van der Waals surface area contributed by atoms with Crippen LogP contribution < -0.4 is 5.32 Å². The van der Waals surface area contributed by atoms with Crippen molar-refractivity contribution in [2.45, 2.75) is 31.8 Å². The average molecular weight is 331 g/mol. The maximum atomic E-state index is 12.8. The van der Waals surface area contributed by atoms with E-state index in [4.69, 9.17) is 4.74 Å². The van der Waals surface area contributed by atoms with Gasteiger partial charge in [0, 0.05) is 45.4 Å². The summed E-state index contributed by atoms with van der Waals surface area (Å²) in [4.78, 5) is 17.5. The van der Waals surface area contributed by atoms with Gasteiger partial charge >= 0.3 is 0 Å². The Morgan fingerprint density at radius 2 is 1.92 bits per heavy atom. The minimum atomic E-state index is -0.166. The Labute approximate surface area is 145 Å². The molecule has 1 saturated carbocycles. The number of nitrogens with zero attached hydrogens (tertiary/aromatic N) is 2. The van der Waals surface area contributed by atoms with Crippen LogP contribution in [0.4, 0.5) is 0 Å². The minimum Gasteiger partial charge on any atom is -0.380 e. The molecule has 132 valence electrons. The van der Waals surface area contributed by atoms with Crippen LogP contribution in [0.15, 0.2) is 30.3 Å². The number of piperazine rings is 1. The van der Waals surface area contributed by atoms with Crippen LogP contribution in [0.3, 0.4) is 0 Å². The van der Waals surface area contributed by atoms with Crippen LogP contribution >= 0.6 is 0 Å². The fourth-order valence-electron chi connectivity index (χ4n) is 3.25. The van der Waals surface area contributed by atoms with E-state index in [1.54, 1.807) is 0 Å². The van der Waals surface area contributed by atoms with Crippen molar-refractivity contribution in [1.29, 1.82) is 0 Å². The molecule has 1 aromatic carbocycles. The zero-order valence-corrected chi connectivity index (χ0v) is 14.6. The monoisotopic (exact) mass is 331 g/mol. The Kier molecular flexibility index (Phi) is 6.24. The third kappa shape index (κ3) is 4.79. The van der Waals surface area contributed by atoms with Crippen LogP contribution in [-0.2, 0) is 9.53 Å². The van der Waals surface area contributed by atoms with Gasteiger partial charge in [0.25, 0.3) is 0 Å². The molecule has 1 saturated heterocycles. The summed E-state index contributed by atoms with van der Waals surface area (Å²) in [7, 11) is 0. The third-order valence-electron chi connectivity index (χ3n) is 4.82. The van der Waals surface area contributed by atoms with Crippen molar-refractivity contribution in [2.75, 3.05) is 45.9 Å². The second-order valence-electron chi connectivity index (χ2n) is 6.67. The molecule has 0 radical (unpaired) electrons. The highest BCUT2D eigenvalue weighted by Gasteiger charge is 2.33. The van der Waals surface area contributed by atoms with Gasteiger partial charge in [0.05, 0.1) is 6.61 Å². The van der Waals surface area contributed by atoms with E-state index in [1.807, 2.05) is 25.1 Å². The lowest BCUT2D eigenvalue weighted by Crippen LogP contribution is -2.51. The van der Waals surface area contributed by atoms with E-state index in [-0.39, 0.29) is 11.9 Å². The Balaban J connectivity index is 1.60. The first-order valence-corrected chi connectivity index (χ1v) is 9.17. The molecule has 2 aliphatic rings. The van der Waals surface area contributed by atoms with Crippen LogP contribution in [0.1, 0.15) is 31.4 Å². The first-order chi connectivity index (χ1) is 11.8. The van der Waals surface area contributed by atoms with Gasteiger partial charge in [-0.3, -0.25) is 14.6 Å². The molecule has 24 heavy (non-hydrogen) atoms. The molecule has 1 aliphatic carbocycles. The maximum absolute atomic E-state index is 12.8. The van der Waals surface area contributed by atoms with Crippen molar-refractivity contribution in [3.8, 4) is 0 Å². The van der Waals surface area contributed by atoms with Crippen molar-refractivity contribution >= 4 is 5.91 Å². The lowest BCUT2D eigenvalue weighted by molar-refractivity contribution is -0.127. The van der Waals surface area contributed by atoms with Gasteiger partial charge in [-0.05, 0) is 25.3 Å². The lowest BCUT2D eigenvalue weighted by Gasteiger charge is -2.38. The third-order valence-corrected chi connectivity index (χ3v) is 4.82. The smallest absolute Gasteiger partial charge is 0.242 e. The fourth-order valence-corrected chi connectivity index (χ4v) is 3.25. The van der Waals surface area contributed by atoms with E-state index in [9.17, 15) is 4.79 Å². The van der Waals surface area contributed by atoms with Gasteiger partial charge in [-0.1, -0.05) is 30.3 Å². The molecule has 1 aliphatic heterocycles. The van der Waals surface area contributed by atoms with Crippen molar-refractivity contribution in [1.82, 2.24) is 15.1 Å². The number of nitrogens with one attached hydrogen (secondary N) is 1. The van der Waals surface area contributed by atoms with Crippen LogP contribution in [0.25, 0.3) is 0 Å². The normalized spacial score (nSPS) is 20.7. The van der Waals surface area contributed by atoms with Crippen LogP contribution in [-0.4, -0.2) is 67.7 Å². The molecule has 3 rings (SSSR count). The SMILES string of the molecule is CCOCCN1CCN([C@H](C(=O)NC2CC2)c2ccccc2)CC1. The van der Waals surface area contributed by atoms with Gasteiger partial charge in [-0.2, -0.15) is 0 Å².